The number of hydrogen-bond donors (Lipinski definition) is 0. The fourth-order valence-electron chi connectivity index (χ4n) is 5.02. The van der Waals surface area contributed by atoms with E-state index in [9.17, 15) is 0 Å². The Hall–Kier alpha value is -4.18. The summed E-state index contributed by atoms with van der Waals surface area (Å²) >= 11 is 0. The van der Waals surface area contributed by atoms with Crippen molar-refractivity contribution >= 4 is 21.9 Å². The Kier molecular flexibility index (Phi) is 6.32. The first-order chi connectivity index (χ1) is 18.6. The van der Waals surface area contributed by atoms with Crippen molar-refractivity contribution in [1.29, 1.82) is 0 Å². The molecule has 0 fully saturated rings. The Morgan fingerprint density at radius 2 is 1.21 bits per heavy atom. The zero-order valence-electron chi connectivity index (χ0n) is 22.4. The number of rotatable bonds is 7. The predicted octanol–water partition coefficient (Wildman–Crippen LogP) is 10.00. The van der Waals surface area contributed by atoms with E-state index in [4.69, 9.17) is 8.83 Å². The second-order valence-electron chi connectivity index (χ2n) is 10.3. The number of hydrogen-bond acceptors (Lipinski definition) is 4. The Balaban J connectivity index is 1.44. The molecule has 2 unspecified atom stereocenters. The van der Waals surface area contributed by atoms with E-state index in [0.717, 1.165) is 46.3 Å². The maximum atomic E-state index is 6.50. The Morgan fingerprint density at radius 3 is 1.89 bits per heavy atom. The van der Waals surface area contributed by atoms with E-state index in [1.54, 1.807) is 0 Å². The lowest BCUT2D eigenvalue weighted by atomic mass is 9.91. The molecule has 0 N–H and O–H groups in total. The molecular weight excluding hydrogens is 468 g/mol. The lowest BCUT2D eigenvalue weighted by molar-refractivity contribution is 0.584. The maximum Gasteiger partial charge on any atom is 0.248 e. The van der Waals surface area contributed by atoms with Crippen molar-refractivity contribution in [2.24, 2.45) is 0 Å². The van der Waals surface area contributed by atoms with Crippen molar-refractivity contribution in [2.45, 2.75) is 52.4 Å². The highest BCUT2D eigenvalue weighted by atomic mass is 16.4. The topological polar surface area (TPSA) is 52.1 Å². The summed E-state index contributed by atoms with van der Waals surface area (Å²) in [5.74, 6) is 2.00. The predicted molar refractivity (Wildman–Crippen MR) is 155 cm³/mol. The summed E-state index contributed by atoms with van der Waals surface area (Å²) in [5.41, 5.74) is 8.58. The molecule has 2 atom stereocenters. The molecule has 4 heteroatoms. The maximum absolute atomic E-state index is 6.50. The van der Waals surface area contributed by atoms with Gasteiger partial charge in [-0.15, -0.1) is 10.2 Å². The van der Waals surface area contributed by atoms with Gasteiger partial charge in [0.05, 0.1) is 0 Å². The third kappa shape index (κ3) is 4.30. The minimum atomic E-state index is 0.454. The van der Waals surface area contributed by atoms with Crippen LogP contribution in [-0.4, -0.2) is 10.2 Å². The van der Waals surface area contributed by atoms with Crippen LogP contribution in [0, 0.1) is 0 Å². The Bertz CT molecular complexity index is 1710. The molecule has 0 saturated carbocycles. The van der Waals surface area contributed by atoms with Gasteiger partial charge in [-0.25, -0.2) is 0 Å². The Morgan fingerprint density at radius 1 is 0.605 bits per heavy atom. The molecule has 0 aliphatic heterocycles. The van der Waals surface area contributed by atoms with Crippen LogP contribution in [0.5, 0.6) is 0 Å². The minimum Gasteiger partial charge on any atom is -0.455 e. The summed E-state index contributed by atoms with van der Waals surface area (Å²) in [5, 5.41) is 10.9. The van der Waals surface area contributed by atoms with Crippen LogP contribution in [0.25, 0.3) is 56.0 Å². The van der Waals surface area contributed by atoms with E-state index in [0.29, 0.717) is 23.6 Å². The van der Waals surface area contributed by atoms with Crippen LogP contribution in [0.15, 0.2) is 93.8 Å². The van der Waals surface area contributed by atoms with Crippen molar-refractivity contribution in [2.75, 3.05) is 0 Å². The zero-order chi connectivity index (χ0) is 26.2. The van der Waals surface area contributed by atoms with Crippen molar-refractivity contribution in [3.8, 4) is 34.0 Å². The van der Waals surface area contributed by atoms with Crippen molar-refractivity contribution in [1.82, 2.24) is 10.2 Å². The lowest BCUT2D eigenvalue weighted by Gasteiger charge is -2.13. The second kappa shape index (κ2) is 9.94. The first kappa shape index (κ1) is 24.2. The second-order valence-corrected chi connectivity index (χ2v) is 10.3. The van der Waals surface area contributed by atoms with E-state index in [2.05, 4.69) is 80.4 Å². The van der Waals surface area contributed by atoms with Crippen LogP contribution in [0.2, 0.25) is 0 Å². The highest BCUT2D eigenvalue weighted by Crippen LogP contribution is 2.40. The molecule has 0 amide bonds. The number of furan rings is 1. The van der Waals surface area contributed by atoms with Gasteiger partial charge in [0.15, 0.2) is 0 Å². The standard InChI is InChI=1S/C34H32N2O2/c1-5-21(3)26-16-17-31-29(18-26)30-20-27(22(4)6-2)19-28(32(30)37-31)23-12-14-25(15-13-23)34-36-35-33(38-34)24-10-8-7-9-11-24/h7-22H,5-6H2,1-4H3. The first-order valence-electron chi connectivity index (χ1n) is 13.6. The van der Waals surface area contributed by atoms with Gasteiger partial charge in [-0.3, -0.25) is 0 Å². The van der Waals surface area contributed by atoms with Crippen LogP contribution in [0.4, 0.5) is 0 Å². The van der Waals surface area contributed by atoms with Crippen molar-refractivity contribution < 1.29 is 8.83 Å². The van der Waals surface area contributed by atoms with Gasteiger partial charge in [0.1, 0.15) is 11.2 Å². The van der Waals surface area contributed by atoms with E-state index >= 15 is 0 Å². The summed E-state index contributed by atoms with van der Waals surface area (Å²) in [6, 6.07) is 29.4. The molecule has 0 aliphatic rings. The molecule has 0 bridgehead atoms. The average Bonchev–Trinajstić information content (AvgIpc) is 3.61. The molecule has 0 radical (unpaired) electrons. The van der Waals surface area contributed by atoms with Gasteiger partial charge in [0, 0.05) is 27.5 Å². The number of aromatic nitrogens is 2. The van der Waals surface area contributed by atoms with Crippen LogP contribution in [-0.2, 0) is 0 Å². The monoisotopic (exact) mass is 500 g/mol. The summed E-state index contributed by atoms with van der Waals surface area (Å²) in [7, 11) is 0. The Labute approximate surface area is 223 Å². The molecule has 190 valence electrons. The van der Waals surface area contributed by atoms with Gasteiger partial charge in [0.2, 0.25) is 11.8 Å². The summed E-state index contributed by atoms with van der Waals surface area (Å²) in [6.45, 7) is 9.06. The van der Waals surface area contributed by atoms with Gasteiger partial charge in [-0.2, -0.15) is 0 Å². The van der Waals surface area contributed by atoms with Gasteiger partial charge in [-0.1, -0.05) is 64.1 Å². The van der Waals surface area contributed by atoms with Gasteiger partial charge in [-0.05, 0) is 89.9 Å². The molecule has 6 rings (SSSR count). The fourth-order valence-corrected chi connectivity index (χ4v) is 5.02. The highest BCUT2D eigenvalue weighted by Gasteiger charge is 2.18. The third-order valence-corrected chi connectivity index (χ3v) is 7.87. The lowest BCUT2D eigenvalue weighted by Crippen LogP contribution is -1.93. The largest absolute Gasteiger partial charge is 0.455 e. The average molecular weight is 501 g/mol. The van der Waals surface area contributed by atoms with Crippen LogP contribution >= 0.6 is 0 Å². The van der Waals surface area contributed by atoms with E-state index < -0.39 is 0 Å². The van der Waals surface area contributed by atoms with Crippen LogP contribution in [0.3, 0.4) is 0 Å². The van der Waals surface area contributed by atoms with Crippen molar-refractivity contribution in [3.05, 3.63) is 96.1 Å². The smallest absolute Gasteiger partial charge is 0.248 e. The molecular formula is C34H32N2O2. The van der Waals surface area contributed by atoms with Crippen molar-refractivity contribution in [3.63, 3.8) is 0 Å². The van der Waals surface area contributed by atoms with Crippen LogP contribution in [0.1, 0.15) is 63.5 Å². The number of benzene rings is 4. The molecule has 6 aromatic rings. The van der Waals surface area contributed by atoms with E-state index in [-0.39, 0.29) is 0 Å². The summed E-state index contributed by atoms with van der Waals surface area (Å²) in [6.07, 6.45) is 2.20. The van der Waals surface area contributed by atoms with Gasteiger partial charge < -0.3 is 8.83 Å². The number of nitrogens with zero attached hydrogens (tertiary/aromatic N) is 2. The molecule has 0 saturated heterocycles. The SMILES string of the molecule is CCC(C)c1ccc2oc3c(-c4ccc(-c5nnc(-c6ccccc6)o5)cc4)cc(C(C)CC)cc3c2c1. The quantitative estimate of drug-likeness (QED) is 0.219. The fraction of sp³-hybridized carbons (Fsp3) is 0.235. The molecule has 0 aliphatic carbocycles. The summed E-state index contributed by atoms with van der Waals surface area (Å²) < 4.78 is 12.5. The molecule has 2 heterocycles. The molecule has 38 heavy (non-hydrogen) atoms. The molecule has 4 aromatic carbocycles. The third-order valence-electron chi connectivity index (χ3n) is 7.87. The molecule has 4 nitrogen and oxygen atoms in total. The normalized spacial score (nSPS) is 13.3. The highest BCUT2D eigenvalue weighted by molar-refractivity contribution is 6.10. The molecule has 0 spiro atoms. The summed E-state index contributed by atoms with van der Waals surface area (Å²) in [4.78, 5) is 0. The van der Waals surface area contributed by atoms with E-state index in [1.165, 1.54) is 21.9 Å². The zero-order valence-corrected chi connectivity index (χ0v) is 22.4. The van der Waals surface area contributed by atoms with Gasteiger partial charge in [0.25, 0.3) is 0 Å². The molecule has 2 aromatic heterocycles. The van der Waals surface area contributed by atoms with E-state index in [1.807, 2.05) is 42.5 Å². The van der Waals surface area contributed by atoms with Gasteiger partial charge >= 0.3 is 0 Å². The van der Waals surface area contributed by atoms with Crippen LogP contribution < -0.4 is 0 Å². The first-order valence-corrected chi connectivity index (χ1v) is 13.6. The minimum absolute atomic E-state index is 0.454. The number of fused-ring (bicyclic) bond motifs is 3.